The summed E-state index contributed by atoms with van der Waals surface area (Å²) in [5.74, 6) is 0.107. The maximum Gasteiger partial charge on any atom is 0.243 e. The summed E-state index contributed by atoms with van der Waals surface area (Å²) in [7, 11) is -6.89. The lowest BCUT2D eigenvalue weighted by Gasteiger charge is -2.33. The zero-order valence-corrected chi connectivity index (χ0v) is 16.4. The van der Waals surface area contributed by atoms with Gasteiger partial charge < -0.3 is 0 Å². The van der Waals surface area contributed by atoms with Crippen LogP contribution in [-0.4, -0.2) is 57.4 Å². The minimum atomic E-state index is -3.61. The second-order valence-electron chi connectivity index (χ2n) is 6.35. The van der Waals surface area contributed by atoms with E-state index in [1.807, 2.05) is 26.0 Å². The van der Waals surface area contributed by atoms with Crippen LogP contribution in [0.25, 0.3) is 0 Å². The van der Waals surface area contributed by atoms with Crippen LogP contribution >= 0.6 is 0 Å². The Labute approximate surface area is 145 Å². The molecule has 0 bridgehead atoms. The van der Waals surface area contributed by atoms with Crippen molar-refractivity contribution in [1.29, 1.82) is 0 Å². The van der Waals surface area contributed by atoms with Crippen molar-refractivity contribution in [2.75, 3.05) is 31.9 Å². The molecule has 0 atom stereocenters. The van der Waals surface area contributed by atoms with Crippen molar-refractivity contribution in [1.82, 2.24) is 8.61 Å². The minimum Gasteiger partial charge on any atom is -0.212 e. The highest BCUT2D eigenvalue weighted by Gasteiger charge is 2.34. The van der Waals surface area contributed by atoms with Crippen molar-refractivity contribution < 1.29 is 16.8 Å². The smallest absolute Gasteiger partial charge is 0.212 e. The first-order valence-electron chi connectivity index (χ1n) is 8.15. The fourth-order valence-electron chi connectivity index (χ4n) is 3.28. The normalized spacial score (nSPS) is 18.0. The Morgan fingerprint density at radius 1 is 0.875 bits per heavy atom. The Kier molecular flexibility index (Phi) is 5.74. The Hall–Kier alpha value is -0.960. The molecule has 0 unspecified atom stereocenters. The molecular formula is C16H26N2O4S2. The van der Waals surface area contributed by atoms with Crippen LogP contribution in [0.4, 0.5) is 0 Å². The van der Waals surface area contributed by atoms with Gasteiger partial charge >= 0.3 is 0 Å². The van der Waals surface area contributed by atoms with Crippen molar-refractivity contribution in [2.24, 2.45) is 0 Å². The number of sulfonamides is 2. The second-order valence-corrected chi connectivity index (χ2v) is 10.3. The van der Waals surface area contributed by atoms with E-state index in [0.29, 0.717) is 11.3 Å². The number of nitrogens with zero attached hydrogens (tertiary/aromatic N) is 2. The molecular weight excluding hydrogens is 348 g/mol. The number of aryl methyl sites for hydroxylation is 3. The van der Waals surface area contributed by atoms with E-state index >= 15 is 0 Å². The third kappa shape index (κ3) is 3.82. The lowest BCUT2D eigenvalue weighted by atomic mass is 10.1. The van der Waals surface area contributed by atoms with Crippen LogP contribution in [0.1, 0.15) is 30.0 Å². The zero-order chi connectivity index (χ0) is 18.1. The van der Waals surface area contributed by atoms with E-state index in [1.165, 1.54) is 8.61 Å². The van der Waals surface area contributed by atoms with E-state index < -0.39 is 20.0 Å². The number of hydrogen-bond acceptors (Lipinski definition) is 4. The van der Waals surface area contributed by atoms with Gasteiger partial charge in [-0.25, -0.2) is 16.8 Å². The molecule has 136 valence electrons. The summed E-state index contributed by atoms with van der Waals surface area (Å²) in [6.45, 7) is 8.17. The molecule has 1 fully saturated rings. The Balaban J connectivity index is 2.23. The van der Waals surface area contributed by atoms with E-state index in [0.717, 1.165) is 16.7 Å². The molecule has 24 heavy (non-hydrogen) atoms. The SMILES string of the molecule is CCCS(=O)(=O)N1CCN(S(=O)(=O)c2c(C)cc(C)cc2C)CC1. The van der Waals surface area contributed by atoms with Gasteiger partial charge in [0.1, 0.15) is 0 Å². The summed E-state index contributed by atoms with van der Waals surface area (Å²) in [6.07, 6.45) is 0.558. The predicted octanol–water partition coefficient (Wildman–Crippen LogP) is 1.66. The number of rotatable bonds is 5. The largest absolute Gasteiger partial charge is 0.243 e. The maximum atomic E-state index is 13.0. The van der Waals surface area contributed by atoms with E-state index in [9.17, 15) is 16.8 Å². The van der Waals surface area contributed by atoms with Crippen molar-refractivity contribution in [3.05, 3.63) is 28.8 Å². The molecule has 8 heteroatoms. The average molecular weight is 375 g/mol. The van der Waals surface area contributed by atoms with E-state index in [4.69, 9.17) is 0 Å². The summed E-state index contributed by atoms with van der Waals surface area (Å²) in [6, 6.07) is 3.73. The van der Waals surface area contributed by atoms with Gasteiger partial charge in [0.05, 0.1) is 10.6 Å². The van der Waals surface area contributed by atoms with Crippen molar-refractivity contribution in [2.45, 2.75) is 39.0 Å². The van der Waals surface area contributed by atoms with Gasteiger partial charge in [-0.15, -0.1) is 0 Å². The molecule has 2 rings (SSSR count). The molecule has 0 aliphatic carbocycles. The van der Waals surface area contributed by atoms with E-state index in [1.54, 1.807) is 13.8 Å². The lowest BCUT2D eigenvalue weighted by molar-refractivity contribution is 0.272. The summed E-state index contributed by atoms with van der Waals surface area (Å²) < 4.78 is 53.0. The van der Waals surface area contributed by atoms with Gasteiger partial charge in [-0.05, 0) is 38.3 Å². The molecule has 0 N–H and O–H groups in total. The Morgan fingerprint density at radius 3 is 1.79 bits per heavy atom. The maximum absolute atomic E-state index is 13.0. The van der Waals surface area contributed by atoms with Crippen LogP contribution in [0, 0.1) is 20.8 Å². The summed E-state index contributed by atoms with van der Waals surface area (Å²) in [5.41, 5.74) is 2.49. The molecule has 0 amide bonds. The van der Waals surface area contributed by atoms with Crippen LogP contribution in [0.3, 0.4) is 0 Å². The Morgan fingerprint density at radius 2 is 1.33 bits per heavy atom. The number of hydrogen-bond donors (Lipinski definition) is 0. The van der Waals surface area contributed by atoms with Crippen LogP contribution in [0.2, 0.25) is 0 Å². The molecule has 0 spiro atoms. The fraction of sp³-hybridized carbons (Fsp3) is 0.625. The second kappa shape index (κ2) is 7.11. The number of piperazine rings is 1. The van der Waals surface area contributed by atoms with E-state index in [-0.39, 0.29) is 31.9 Å². The van der Waals surface area contributed by atoms with Crippen molar-refractivity contribution >= 4 is 20.0 Å². The highest BCUT2D eigenvalue weighted by Crippen LogP contribution is 2.26. The van der Waals surface area contributed by atoms with Crippen molar-refractivity contribution in [3.8, 4) is 0 Å². The fourth-order valence-corrected chi connectivity index (χ4v) is 6.61. The molecule has 1 aliphatic rings. The predicted molar refractivity (Wildman–Crippen MR) is 95.1 cm³/mol. The molecule has 6 nitrogen and oxygen atoms in total. The molecule has 0 radical (unpaired) electrons. The van der Waals surface area contributed by atoms with Crippen LogP contribution in [0.15, 0.2) is 17.0 Å². The van der Waals surface area contributed by atoms with Crippen molar-refractivity contribution in [3.63, 3.8) is 0 Å². The molecule has 1 aliphatic heterocycles. The first-order valence-corrected chi connectivity index (χ1v) is 11.2. The van der Waals surface area contributed by atoms with Gasteiger partial charge in [0.25, 0.3) is 0 Å². The first-order chi connectivity index (χ1) is 11.1. The molecule has 1 saturated heterocycles. The third-order valence-corrected chi connectivity index (χ3v) is 8.54. The molecule has 1 aromatic rings. The van der Waals surface area contributed by atoms with Gasteiger partial charge in [-0.2, -0.15) is 8.61 Å². The minimum absolute atomic E-state index is 0.107. The van der Waals surface area contributed by atoms with Gasteiger partial charge in [0.2, 0.25) is 20.0 Å². The quantitative estimate of drug-likeness (QED) is 0.785. The monoisotopic (exact) mass is 374 g/mol. The van der Waals surface area contributed by atoms with Gasteiger partial charge in [0.15, 0.2) is 0 Å². The Bertz CT molecular complexity index is 785. The average Bonchev–Trinajstić information content (AvgIpc) is 2.46. The first kappa shape index (κ1) is 19.4. The summed E-state index contributed by atoms with van der Waals surface area (Å²) >= 11 is 0. The van der Waals surface area contributed by atoms with Crippen LogP contribution < -0.4 is 0 Å². The standard InChI is InChI=1S/C16H26N2O4S2/c1-5-10-23(19,20)17-6-8-18(9-7-17)24(21,22)16-14(3)11-13(2)12-15(16)4/h11-12H,5-10H2,1-4H3. The van der Waals surface area contributed by atoms with Gasteiger partial charge in [0, 0.05) is 26.2 Å². The van der Waals surface area contributed by atoms with Gasteiger partial charge in [-0.1, -0.05) is 24.6 Å². The van der Waals surface area contributed by atoms with Crippen LogP contribution in [0.5, 0.6) is 0 Å². The lowest BCUT2D eigenvalue weighted by Crippen LogP contribution is -2.51. The summed E-state index contributed by atoms with van der Waals surface area (Å²) in [5, 5.41) is 0. The molecule has 0 aromatic heterocycles. The summed E-state index contributed by atoms with van der Waals surface area (Å²) in [4.78, 5) is 0.345. The van der Waals surface area contributed by atoms with Crippen LogP contribution in [-0.2, 0) is 20.0 Å². The molecule has 0 saturated carbocycles. The highest BCUT2D eigenvalue weighted by molar-refractivity contribution is 7.89. The highest BCUT2D eigenvalue weighted by atomic mass is 32.2. The molecule has 1 aromatic carbocycles. The molecule has 1 heterocycles. The topological polar surface area (TPSA) is 74.8 Å². The zero-order valence-electron chi connectivity index (χ0n) is 14.7. The third-order valence-electron chi connectivity index (χ3n) is 4.26. The van der Waals surface area contributed by atoms with Gasteiger partial charge in [-0.3, -0.25) is 0 Å². The number of benzene rings is 1. The van der Waals surface area contributed by atoms with E-state index in [2.05, 4.69) is 0 Å².